The zero-order chi connectivity index (χ0) is 30.3. The van der Waals surface area contributed by atoms with E-state index in [1.807, 2.05) is 0 Å². The number of hydrogen-bond acceptors (Lipinski definition) is 10. The van der Waals surface area contributed by atoms with E-state index in [2.05, 4.69) is 31.4 Å². The van der Waals surface area contributed by atoms with Crippen LogP contribution in [0.5, 0.6) is 5.75 Å². The minimum atomic E-state index is -4.38. The zero-order valence-corrected chi connectivity index (χ0v) is 22.5. The van der Waals surface area contributed by atoms with Crippen molar-refractivity contribution in [1.29, 1.82) is 0 Å². The first-order chi connectivity index (χ1) is 20.0. The maximum Gasteiger partial charge on any atom is 0.339 e. The number of anilines is 3. The van der Waals surface area contributed by atoms with Crippen molar-refractivity contribution < 1.29 is 37.2 Å². The molecule has 0 aromatic heterocycles. The Hall–Kier alpha value is -5.67. The number of carbonyl (C=O) groups excluding carboxylic acids is 2. The van der Waals surface area contributed by atoms with Gasteiger partial charge in [0.25, 0.3) is 10.1 Å². The molecule has 0 saturated carbocycles. The number of amides is 2. The lowest BCUT2D eigenvalue weighted by atomic mass is 10.0. The summed E-state index contributed by atoms with van der Waals surface area (Å²) in [5, 5.41) is 26.5. The second-order valence-corrected chi connectivity index (χ2v) is 9.84. The molecule has 0 bridgehead atoms. The highest BCUT2D eigenvalue weighted by Gasteiger charge is 2.18. The molecule has 3 aromatic rings. The maximum atomic E-state index is 12.6. The second kappa shape index (κ2) is 12.7. The van der Waals surface area contributed by atoms with Crippen molar-refractivity contribution in [3.05, 3.63) is 90.5 Å². The monoisotopic (exact) mass is 590 g/mol. The molecule has 2 amide bonds. The van der Waals surface area contributed by atoms with Crippen LogP contribution in [-0.2, 0) is 19.7 Å². The van der Waals surface area contributed by atoms with Crippen molar-refractivity contribution in [1.82, 2.24) is 0 Å². The number of nitrogens with one attached hydrogen (secondary N) is 3. The number of nitrogens with zero attached hydrogens (tertiary/aromatic N) is 3. The van der Waals surface area contributed by atoms with Gasteiger partial charge in [-0.2, -0.15) is 23.7 Å². The van der Waals surface area contributed by atoms with Crippen LogP contribution in [-0.4, -0.2) is 48.7 Å². The third kappa shape index (κ3) is 7.71. The van der Waals surface area contributed by atoms with Gasteiger partial charge in [0.05, 0.1) is 40.5 Å². The van der Waals surface area contributed by atoms with Gasteiger partial charge < -0.3 is 20.5 Å². The molecule has 0 saturated heterocycles. The molecule has 214 valence electrons. The fourth-order valence-electron chi connectivity index (χ4n) is 3.46. The van der Waals surface area contributed by atoms with E-state index in [4.69, 9.17) is 9.84 Å². The molecule has 1 aliphatic rings. The molecule has 0 spiro atoms. The van der Waals surface area contributed by atoms with Crippen molar-refractivity contribution in [2.75, 3.05) is 23.2 Å². The lowest BCUT2D eigenvalue weighted by Crippen LogP contribution is -2.19. The number of aliphatic carboxylic acids is 1. The largest absolute Gasteiger partial charge is 0.494 e. The Bertz CT molecular complexity index is 1780. The predicted octanol–water partition coefficient (Wildman–Crippen LogP) is 4.92. The Morgan fingerprint density at radius 1 is 0.881 bits per heavy atom. The van der Waals surface area contributed by atoms with Crippen LogP contribution < -0.4 is 20.8 Å². The number of carbonyl (C=O) groups is 3. The number of benzene rings is 3. The fourth-order valence-corrected chi connectivity index (χ4v) is 3.98. The SMILES string of the molecule is COc1cc(N=Nc2cccc(S(=O)(=O)O)c2)ccc1NC(=O)Nc1ccc(N/N=C2/C=CC(=O)C(C(=O)O)=C2)cc1. The molecule has 42 heavy (non-hydrogen) atoms. The van der Waals surface area contributed by atoms with Gasteiger partial charge in [0.15, 0.2) is 5.78 Å². The number of hydrogen-bond donors (Lipinski definition) is 5. The minimum absolute atomic E-state index is 0.200. The van der Waals surface area contributed by atoms with E-state index in [0.29, 0.717) is 22.7 Å². The number of ether oxygens (including phenoxy) is 1. The standard InChI is InChI=1S/C27H22N6O8S/c1-41-25-15-20(33-31-18-3-2-4-21(13-18)42(38,39)40)9-11-23(25)29-27(37)28-16-5-7-17(8-6-16)30-32-19-10-12-24(34)22(14-19)26(35)36/h2-15,30H,1H3,(H,35,36)(H2,28,29,37)(H,38,39,40)/b32-19-,33-31?. The number of ketones is 1. The molecule has 14 nitrogen and oxygen atoms in total. The van der Waals surface area contributed by atoms with E-state index >= 15 is 0 Å². The van der Waals surface area contributed by atoms with Gasteiger partial charge in [0.1, 0.15) is 11.3 Å². The minimum Gasteiger partial charge on any atom is -0.494 e. The van der Waals surface area contributed by atoms with Crippen molar-refractivity contribution in [2.45, 2.75) is 4.90 Å². The van der Waals surface area contributed by atoms with Crippen molar-refractivity contribution in [3.8, 4) is 5.75 Å². The van der Waals surface area contributed by atoms with Crippen LogP contribution in [0.25, 0.3) is 0 Å². The summed E-state index contributed by atoms with van der Waals surface area (Å²) in [6, 6.07) is 15.9. The molecule has 0 unspecified atom stereocenters. The third-order valence-electron chi connectivity index (χ3n) is 5.48. The number of rotatable bonds is 9. The van der Waals surface area contributed by atoms with Crippen molar-refractivity contribution in [2.24, 2.45) is 15.3 Å². The van der Waals surface area contributed by atoms with Crippen LogP contribution in [0.2, 0.25) is 0 Å². The summed E-state index contributed by atoms with van der Waals surface area (Å²) in [5.41, 5.74) is 4.50. The number of methoxy groups -OCH3 is 1. The van der Waals surface area contributed by atoms with Gasteiger partial charge in [-0.05, 0) is 72.8 Å². The van der Waals surface area contributed by atoms with Gasteiger partial charge in [-0.15, -0.1) is 0 Å². The van der Waals surface area contributed by atoms with Gasteiger partial charge in [0, 0.05) is 11.8 Å². The average molecular weight is 591 g/mol. The summed E-state index contributed by atoms with van der Waals surface area (Å²) in [7, 11) is -2.97. The molecular weight excluding hydrogens is 568 g/mol. The zero-order valence-electron chi connectivity index (χ0n) is 21.7. The van der Waals surface area contributed by atoms with Crippen LogP contribution in [0, 0.1) is 0 Å². The van der Waals surface area contributed by atoms with E-state index < -0.39 is 27.9 Å². The summed E-state index contributed by atoms with van der Waals surface area (Å²) < 4.78 is 37.1. The summed E-state index contributed by atoms with van der Waals surface area (Å²) >= 11 is 0. The first kappa shape index (κ1) is 29.3. The number of carboxylic acids is 1. The number of carboxylic acid groups (broad SMARTS) is 1. The number of azo groups is 1. The quantitative estimate of drug-likeness (QED) is 0.0752. The van der Waals surface area contributed by atoms with Crippen molar-refractivity contribution >= 4 is 62.1 Å². The van der Waals surface area contributed by atoms with Gasteiger partial charge in [-0.3, -0.25) is 14.8 Å². The molecule has 0 heterocycles. The third-order valence-corrected chi connectivity index (χ3v) is 6.33. The van der Waals surface area contributed by atoms with Crippen LogP contribution in [0.3, 0.4) is 0 Å². The Morgan fingerprint density at radius 2 is 1.57 bits per heavy atom. The summed E-state index contributed by atoms with van der Waals surface area (Å²) in [6.07, 6.45) is 3.67. The molecule has 5 N–H and O–H groups in total. The summed E-state index contributed by atoms with van der Waals surface area (Å²) in [5.74, 6) is -1.67. The van der Waals surface area contributed by atoms with Crippen LogP contribution in [0.1, 0.15) is 0 Å². The molecule has 1 aliphatic carbocycles. The van der Waals surface area contributed by atoms with Crippen LogP contribution >= 0.6 is 0 Å². The maximum absolute atomic E-state index is 12.6. The Kier molecular flexibility index (Phi) is 8.84. The van der Waals surface area contributed by atoms with Crippen LogP contribution in [0.15, 0.2) is 111 Å². The van der Waals surface area contributed by atoms with Crippen molar-refractivity contribution in [3.63, 3.8) is 0 Å². The first-order valence-corrected chi connectivity index (χ1v) is 13.3. The predicted molar refractivity (Wildman–Crippen MR) is 153 cm³/mol. The highest BCUT2D eigenvalue weighted by atomic mass is 32.2. The van der Waals surface area contributed by atoms with Gasteiger partial charge >= 0.3 is 12.0 Å². The Labute approximate surface area is 238 Å². The van der Waals surface area contributed by atoms with E-state index in [1.165, 1.54) is 37.5 Å². The summed E-state index contributed by atoms with van der Waals surface area (Å²) in [6.45, 7) is 0. The van der Waals surface area contributed by atoms with E-state index in [1.54, 1.807) is 36.4 Å². The smallest absolute Gasteiger partial charge is 0.339 e. The summed E-state index contributed by atoms with van der Waals surface area (Å²) in [4.78, 5) is 34.9. The van der Waals surface area contributed by atoms with Gasteiger partial charge in [-0.1, -0.05) is 6.07 Å². The van der Waals surface area contributed by atoms with Gasteiger partial charge in [-0.25, -0.2) is 9.59 Å². The van der Waals surface area contributed by atoms with E-state index in [0.717, 1.165) is 18.2 Å². The molecule has 0 atom stereocenters. The second-order valence-electron chi connectivity index (χ2n) is 8.42. The Morgan fingerprint density at radius 3 is 2.24 bits per heavy atom. The molecule has 4 rings (SSSR count). The molecule has 0 radical (unpaired) electrons. The first-order valence-electron chi connectivity index (χ1n) is 11.9. The highest BCUT2D eigenvalue weighted by Crippen LogP contribution is 2.31. The number of urea groups is 1. The lowest BCUT2D eigenvalue weighted by Gasteiger charge is -2.12. The average Bonchev–Trinajstić information content (AvgIpc) is 2.96. The molecule has 0 aliphatic heterocycles. The topological polar surface area (TPSA) is 208 Å². The molecular formula is C27H22N6O8S. The normalized spacial score (nSPS) is 14.0. The Balaban J connectivity index is 1.36. The fraction of sp³-hybridized carbons (Fsp3) is 0.0370. The van der Waals surface area contributed by atoms with E-state index in [-0.39, 0.29) is 27.6 Å². The molecule has 3 aromatic carbocycles. The lowest BCUT2D eigenvalue weighted by molar-refractivity contribution is -0.134. The molecule has 0 fully saturated rings. The number of allylic oxidation sites excluding steroid dienone is 3. The highest BCUT2D eigenvalue weighted by molar-refractivity contribution is 7.85. The molecule has 15 heteroatoms. The van der Waals surface area contributed by atoms with Gasteiger partial charge in [0.2, 0.25) is 0 Å². The number of hydrazone groups is 1. The van der Waals surface area contributed by atoms with E-state index in [9.17, 15) is 27.4 Å². The van der Waals surface area contributed by atoms with Crippen LogP contribution in [0.4, 0.5) is 33.2 Å².